The van der Waals surface area contributed by atoms with Crippen molar-refractivity contribution in [1.29, 1.82) is 0 Å². The number of ether oxygens (including phenoxy) is 1. The zero-order valence-corrected chi connectivity index (χ0v) is 10.9. The number of H-pyrrole nitrogens is 1. The number of fused-ring (bicyclic) bond motifs is 1. The van der Waals surface area contributed by atoms with Gasteiger partial charge in [0.1, 0.15) is 11.4 Å². The zero-order valence-electron chi connectivity index (χ0n) is 8.78. The molecule has 0 unspecified atom stereocenters. The minimum atomic E-state index is -1.18. The van der Waals surface area contributed by atoms with Crippen molar-refractivity contribution < 1.29 is 14.6 Å². The topological polar surface area (TPSA) is 79.4 Å². The number of carbonyl (C=O) groups is 1. The van der Waals surface area contributed by atoms with Crippen molar-refractivity contribution >= 4 is 39.5 Å². The Morgan fingerprint density at radius 2 is 2.18 bits per heavy atom. The molecule has 0 radical (unpaired) electrons. The number of hydrogen-bond acceptors (Lipinski definition) is 3. The second-order valence-corrected chi connectivity index (χ2v) is 4.51. The van der Waals surface area contributed by atoms with Gasteiger partial charge in [0, 0.05) is 9.64 Å². The highest BCUT2D eigenvalue weighted by atomic mass is 127. The van der Waals surface area contributed by atoms with Crippen molar-refractivity contribution in [3.63, 3.8) is 0 Å². The van der Waals surface area contributed by atoms with E-state index in [1.165, 1.54) is 7.11 Å². The molecule has 17 heavy (non-hydrogen) atoms. The number of hydrogen-bond donors (Lipinski definition) is 2. The fourth-order valence-corrected chi connectivity index (χ4v) is 2.30. The lowest BCUT2D eigenvalue weighted by molar-refractivity contribution is 0.0691. The fraction of sp³-hybridized carbons (Fsp3) is 0.0909. The van der Waals surface area contributed by atoms with Crippen LogP contribution >= 0.6 is 22.6 Å². The summed E-state index contributed by atoms with van der Waals surface area (Å²) >= 11 is 2.02. The summed E-state index contributed by atoms with van der Waals surface area (Å²) in [6.45, 7) is 0. The number of nitrogens with one attached hydrogen (secondary N) is 1. The van der Waals surface area contributed by atoms with Crippen molar-refractivity contribution in [3.05, 3.63) is 37.7 Å². The number of pyridine rings is 1. The number of aromatic carboxylic acids is 1. The molecule has 1 aromatic heterocycles. The molecule has 0 spiro atoms. The summed E-state index contributed by atoms with van der Waals surface area (Å²) in [5.74, 6) is -0.731. The van der Waals surface area contributed by atoms with Crippen LogP contribution in [0.25, 0.3) is 10.9 Å². The van der Waals surface area contributed by atoms with Crippen LogP contribution in [0, 0.1) is 3.57 Å². The Labute approximate surface area is 110 Å². The second-order valence-electron chi connectivity index (χ2n) is 3.35. The van der Waals surface area contributed by atoms with Crippen LogP contribution in [0.4, 0.5) is 0 Å². The van der Waals surface area contributed by atoms with Gasteiger partial charge in [-0.1, -0.05) is 0 Å². The van der Waals surface area contributed by atoms with Crippen LogP contribution in [-0.2, 0) is 0 Å². The van der Waals surface area contributed by atoms with Crippen LogP contribution in [0.5, 0.6) is 5.75 Å². The lowest BCUT2D eigenvalue weighted by atomic mass is 10.2. The predicted molar refractivity (Wildman–Crippen MR) is 70.8 cm³/mol. The van der Waals surface area contributed by atoms with Gasteiger partial charge in [-0.15, -0.1) is 0 Å². The molecule has 0 saturated carbocycles. The number of rotatable bonds is 2. The van der Waals surface area contributed by atoms with E-state index in [-0.39, 0.29) is 11.1 Å². The molecule has 1 aromatic carbocycles. The molecule has 0 fully saturated rings. The summed E-state index contributed by atoms with van der Waals surface area (Å²) in [4.78, 5) is 25.4. The van der Waals surface area contributed by atoms with E-state index in [1.807, 2.05) is 22.6 Å². The molecule has 0 bridgehead atoms. The second kappa shape index (κ2) is 4.36. The first-order valence-corrected chi connectivity index (χ1v) is 5.75. The number of carboxylic acids is 1. The van der Waals surface area contributed by atoms with Crippen molar-refractivity contribution in [3.8, 4) is 5.75 Å². The maximum Gasteiger partial charge on any atom is 0.352 e. The maximum atomic E-state index is 11.8. The van der Waals surface area contributed by atoms with Gasteiger partial charge in [0.05, 0.1) is 18.0 Å². The number of carboxylic acid groups (broad SMARTS) is 1. The average molecular weight is 345 g/mol. The Kier molecular flexibility index (Phi) is 3.05. The first-order chi connectivity index (χ1) is 8.04. The Hall–Kier alpha value is -1.57. The van der Waals surface area contributed by atoms with Crippen LogP contribution in [0.2, 0.25) is 0 Å². The molecule has 2 N–H and O–H groups in total. The average Bonchev–Trinajstić information content (AvgIpc) is 2.28. The molecule has 1 heterocycles. The number of benzene rings is 1. The highest BCUT2D eigenvalue weighted by Gasteiger charge is 2.13. The highest BCUT2D eigenvalue weighted by Crippen LogP contribution is 2.25. The van der Waals surface area contributed by atoms with E-state index in [1.54, 1.807) is 12.1 Å². The van der Waals surface area contributed by atoms with Gasteiger partial charge in [-0.3, -0.25) is 4.79 Å². The van der Waals surface area contributed by atoms with Crippen LogP contribution in [-0.4, -0.2) is 23.2 Å². The minimum Gasteiger partial charge on any atom is -0.495 e. The summed E-state index contributed by atoms with van der Waals surface area (Å²) in [6.07, 6.45) is 0. The largest absolute Gasteiger partial charge is 0.495 e. The summed E-state index contributed by atoms with van der Waals surface area (Å²) in [6, 6.07) is 4.51. The van der Waals surface area contributed by atoms with Gasteiger partial charge in [-0.2, -0.15) is 0 Å². The van der Waals surface area contributed by atoms with E-state index < -0.39 is 5.97 Å². The first kappa shape index (κ1) is 11.9. The van der Waals surface area contributed by atoms with Crippen molar-refractivity contribution in [2.45, 2.75) is 0 Å². The zero-order chi connectivity index (χ0) is 12.6. The summed E-state index contributed by atoms with van der Waals surface area (Å²) in [5.41, 5.74) is -0.0773. The molecular formula is C11H8INO4. The molecule has 0 atom stereocenters. The summed E-state index contributed by atoms with van der Waals surface area (Å²) < 4.78 is 5.85. The van der Waals surface area contributed by atoms with Crippen LogP contribution < -0.4 is 10.2 Å². The van der Waals surface area contributed by atoms with Gasteiger partial charge in [-0.05, 0) is 34.7 Å². The molecule has 2 rings (SSSR count). The lowest BCUT2D eigenvalue weighted by Gasteiger charge is -2.07. The van der Waals surface area contributed by atoms with Crippen LogP contribution in [0.15, 0.2) is 23.0 Å². The molecule has 2 aromatic rings. The van der Waals surface area contributed by atoms with E-state index >= 15 is 0 Å². The molecule has 0 aliphatic rings. The molecule has 0 saturated heterocycles. The SMILES string of the molecule is COc1ccc(I)c2c(=O)cc(C(=O)O)[nH]c12. The molecule has 6 heteroatoms. The van der Waals surface area contributed by atoms with E-state index in [0.717, 1.165) is 9.64 Å². The van der Waals surface area contributed by atoms with E-state index in [4.69, 9.17) is 9.84 Å². The van der Waals surface area contributed by atoms with Crippen LogP contribution in [0.3, 0.4) is 0 Å². The third-order valence-corrected chi connectivity index (χ3v) is 3.25. The smallest absolute Gasteiger partial charge is 0.352 e. The Morgan fingerprint density at radius 1 is 1.47 bits per heavy atom. The predicted octanol–water partition coefficient (Wildman–Crippen LogP) is 1.84. The van der Waals surface area contributed by atoms with Gasteiger partial charge >= 0.3 is 5.97 Å². The van der Waals surface area contributed by atoms with Crippen molar-refractivity contribution in [1.82, 2.24) is 4.98 Å². The minimum absolute atomic E-state index is 0.150. The van der Waals surface area contributed by atoms with E-state index in [0.29, 0.717) is 16.7 Å². The van der Waals surface area contributed by atoms with E-state index in [2.05, 4.69) is 4.98 Å². The standard InChI is InChI=1S/C11H8INO4/c1-17-8-3-2-5(12)9-7(14)4-6(11(15)16)13-10(8)9/h2-4H,1H3,(H,13,14)(H,15,16). The number of aromatic nitrogens is 1. The molecule has 5 nitrogen and oxygen atoms in total. The lowest BCUT2D eigenvalue weighted by Crippen LogP contribution is -2.11. The van der Waals surface area contributed by atoms with Gasteiger partial charge in [0.25, 0.3) is 0 Å². The Bertz CT molecular complexity index is 662. The number of halogens is 1. The van der Waals surface area contributed by atoms with Crippen LogP contribution in [0.1, 0.15) is 10.5 Å². The quantitative estimate of drug-likeness (QED) is 0.814. The van der Waals surface area contributed by atoms with Gasteiger partial charge in [0.2, 0.25) is 0 Å². The molecular weight excluding hydrogens is 337 g/mol. The molecule has 0 aliphatic carbocycles. The maximum absolute atomic E-state index is 11.8. The van der Waals surface area contributed by atoms with Crippen molar-refractivity contribution in [2.24, 2.45) is 0 Å². The van der Waals surface area contributed by atoms with Crippen molar-refractivity contribution in [2.75, 3.05) is 7.11 Å². The fourth-order valence-electron chi connectivity index (χ4n) is 1.58. The Balaban J connectivity index is 2.95. The molecule has 88 valence electrons. The molecule has 0 aliphatic heterocycles. The summed E-state index contributed by atoms with van der Waals surface area (Å²) in [7, 11) is 1.47. The third-order valence-electron chi connectivity index (χ3n) is 2.35. The monoisotopic (exact) mass is 345 g/mol. The highest BCUT2D eigenvalue weighted by molar-refractivity contribution is 14.1. The first-order valence-electron chi connectivity index (χ1n) is 4.67. The van der Waals surface area contributed by atoms with Gasteiger partial charge in [-0.25, -0.2) is 4.79 Å². The number of methoxy groups -OCH3 is 1. The summed E-state index contributed by atoms with van der Waals surface area (Å²) in [5, 5.41) is 9.33. The number of aromatic amines is 1. The third kappa shape index (κ3) is 1.99. The molecule has 0 amide bonds. The van der Waals surface area contributed by atoms with Gasteiger partial charge in [0.15, 0.2) is 5.43 Å². The normalized spacial score (nSPS) is 10.5. The Morgan fingerprint density at radius 3 is 2.76 bits per heavy atom. The van der Waals surface area contributed by atoms with Gasteiger partial charge < -0.3 is 14.8 Å². The van der Waals surface area contributed by atoms with E-state index in [9.17, 15) is 9.59 Å².